The normalized spacial score (nSPS) is 18.8. The Bertz CT molecular complexity index is 1380. The largest absolute Gasteiger partial charge is 0.367 e. The molecule has 2 N–H and O–H groups in total. The molecule has 0 spiro atoms. The summed E-state index contributed by atoms with van der Waals surface area (Å²) in [5.41, 5.74) is 2.30. The fourth-order valence-corrected chi connectivity index (χ4v) is 4.50. The molecule has 1 amide bonds. The van der Waals surface area contributed by atoms with Crippen LogP contribution in [0.25, 0.3) is 21.9 Å². The molecule has 1 aliphatic rings. The third-order valence-electron chi connectivity index (χ3n) is 5.82. The Morgan fingerprint density at radius 1 is 1.06 bits per heavy atom. The van der Waals surface area contributed by atoms with Crippen molar-refractivity contribution in [1.82, 2.24) is 25.1 Å². The minimum absolute atomic E-state index is 0.00487. The number of fused-ring (bicyclic) bond motifs is 2. The van der Waals surface area contributed by atoms with Gasteiger partial charge in [-0.1, -0.05) is 0 Å². The van der Waals surface area contributed by atoms with E-state index in [0.717, 1.165) is 29.5 Å². The molecule has 0 radical (unpaired) electrons. The molecule has 5 rings (SSSR count). The lowest BCUT2D eigenvalue weighted by Crippen LogP contribution is -2.54. The van der Waals surface area contributed by atoms with Crippen LogP contribution in [0, 0.1) is 11.8 Å². The predicted molar refractivity (Wildman–Crippen MR) is 122 cm³/mol. The van der Waals surface area contributed by atoms with Crippen molar-refractivity contribution in [2.45, 2.75) is 25.9 Å². The van der Waals surface area contributed by atoms with Crippen molar-refractivity contribution in [1.29, 1.82) is 0 Å². The number of aromatic nitrogens is 4. The lowest BCUT2D eigenvalue weighted by molar-refractivity contribution is 0.102. The van der Waals surface area contributed by atoms with Crippen LogP contribution in [0.15, 0.2) is 36.7 Å². The third-order valence-corrected chi connectivity index (χ3v) is 5.82. The predicted octanol–water partition coefficient (Wildman–Crippen LogP) is 3.23. The van der Waals surface area contributed by atoms with Gasteiger partial charge in [0.1, 0.15) is 16.6 Å². The summed E-state index contributed by atoms with van der Waals surface area (Å²) in [6.07, 6.45) is 3.12. The number of benzene rings is 2. The Hall–Kier alpha value is -3.66. The second-order valence-electron chi connectivity index (χ2n) is 8.48. The summed E-state index contributed by atoms with van der Waals surface area (Å²) in [5, 5.41) is 9.98. The molecule has 8 nitrogen and oxygen atoms in total. The maximum absolute atomic E-state index is 14.4. The smallest absolute Gasteiger partial charge is 0.257 e. The van der Waals surface area contributed by atoms with Gasteiger partial charge in [0.05, 0.1) is 16.6 Å². The molecular formula is C23H23F2N7O. The zero-order valence-corrected chi connectivity index (χ0v) is 18.4. The summed E-state index contributed by atoms with van der Waals surface area (Å²) in [6, 6.07) is 6.66. The van der Waals surface area contributed by atoms with Crippen molar-refractivity contribution in [3.05, 3.63) is 54.0 Å². The molecule has 2 aromatic heterocycles. The number of aryl methyl sites for hydroxylation is 1. The molecule has 2 atom stereocenters. The molecule has 1 fully saturated rings. The Balaban J connectivity index is 1.51. The van der Waals surface area contributed by atoms with Gasteiger partial charge < -0.3 is 15.5 Å². The van der Waals surface area contributed by atoms with Crippen LogP contribution in [-0.2, 0) is 7.05 Å². The van der Waals surface area contributed by atoms with Gasteiger partial charge in [-0.2, -0.15) is 9.49 Å². The van der Waals surface area contributed by atoms with Crippen molar-refractivity contribution in [3.63, 3.8) is 0 Å². The van der Waals surface area contributed by atoms with E-state index < -0.39 is 17.7 Å². The first-order valence-corrected chi connectivity index (χ1v) is 10.7. The highest BCUT2D eigenvalue weighted by atomic mass is 19.1. The molecule has 2 unspecified atom stereocenters. The molecule has 0 aliphatic carbocycles. The first-order chi connectivity index (χ1) is 15.8. The number of hydrogen-bond acceptors (Lipinski definition) is 6. The van der Waals surface area contributed by atoms with Crippen molar-refractivity contribution in [3.8, 4) is 0 Å². The molecule has 0 saturated carbocycles. The fraction of sp³-hybridized carbons (Fsp3) is 0.304. The van der Waals surface area contributed by atoms with Crippen LogP contribution in [0.1, 0.15) is 24.2 Å². The summed E-state index contributed by atoms with van der Waals surface area (Å²) in [7, 11) is 1.39. The Morgan fingerprint density at radius 2 is 1.76 bits per heavy atom. The highest BCUT2D eigenvalue weighted by Gasteiger charge is 2.25. The second kappa shape index (κ2) is 8.04. The lowest BCUT2D eigenvalue weighted by Gasteiger charge is -2.38. The van der Waals surface area contributed by atoms with Gasteiger partial charge in [0.25, 0.3) is 5.91 Å². The van der Waals surface area contributed by atoms with E-state index in [-0.39, 0.29) is 16.6 Å². The van der Waals surface area contributed by atoms with Crippen LogP contribution >= 0.6 is 0 Å². The highest BCUT2D eigenvalue weighted by Crippen LogP contribution is 2.29. The quantitative estimate of drug-likeness (QED) is 0.497. The van der Waals surface area contributed by atoms with Gasteiger partial charge in [-0.3, -0.25) is 14.8 Å². The average molecular weight is 451 g/mol. The lowest BCUT2D eigenvalue weighted by atomic mass is 10.1. The molecule has 170 valence electrons. The van der Waals surface area contributed by atoms with Gasteiger partial charge >= 0.3 is 0 Å². The van der Waals surface area contributed by atoms with E-state index in [4.69, 9.17) is 0 Å². The molecule has 33 heavy (non-hydrogen) atoms. The third kappa shape index (κ3) is 3.76. The van der Waals surface area contributed by atoms with Crippen LogP contribution in [0.5, 0.6) is 0 Å². The molecule has 10 heteroatoms. The molecule has 2 aromatic carbocycles. The summed E-state index contributed by atoms with van der Waals surface area (Å²) >= 11 is 0. The zero-order chi connectivity index (χ0) is 23.3. The first kappa shape index (κ1) is 21.2. The highest BCUT2D eigenvalue weighted by molar-refractivity contribution is 6.13. The van der Waals surface area contributed by atoms with Crippen molar-refractivity contribution < 1.29 is 13.6 Å². The number of carbonyl (C=O) groups is 1. The number of amides is 1. The van der Waals surface area contributed by atoms with E-state index in [1.807, 2.05) is 6.07 Å². The van der Waals surface area contributed by atoms with Gasteiger partial charge in [0.2, 0.25) is 5.95 Å². The summed E-state index contributed by atoms with van der Waals surface area (Å²) in [6.45, 7) is 5.85. The van der Waals surface area contributed by atoms with Crippen LogP contribution in [-0.4, -0.2) is 50.8 Å². The number of anilines is 2. The monoisotopic (exact) mass is 451 g/mol. The number of rotatable bonds is 3. The number of halogens is 2. The standard InChI is InChI=1S/C23H23F2N7O/c1-12-10-32(11-13(2)28-12)18-5-4-15(20-21(18)27-7-6-26-20)23(33)29-14-8-16-19(17(24)9-14)30-31(3)22(16)25/h4-9,12-13,28H,10-11H2,1-3H3,(H,29,33). The summed E-state index contributed by atoms with van der Waals surface area (Å²) in [4.78, 5) is 24.3. The number of nitrogens with one attached hydrogen (secondary N) is 2. The molecule has 1 aliphatic heterocycles. The van der Waals surface area contributed by atoms with E-state index >= 15 is 0 Å². The second-order valence-corrected chi connectivity index (χ2v) is 8.48. The molecule has 4 aromatic rings. The summed E-state index contributed by atoms with van der Waals surface area (Å²) in [5.74, 6) is -1.89. The van der Waals surface area contributed by atoms with Crippen LogP contribution < -0.4 is 15.5 Å². The topological polar surface area (TPSA) is 88.0 Å². The van der Waals surface area contributed by atoms with Crippen molar-refractivity contribution >= 4 is 39.2 Å². The number of piperazine rings is 1. The van der Waals surface area contributed by atoms with Gasteiger partial charge in [0.15, 0.2) is 5.82 Å². The van der Waals surface area contributed by atoms with E-state index in [9.17, 15) is 13.6 Å². The average Bonchev–Trinajstić information content (AvgIpc) is 3.06. The van der Waals surface area contributed by atoms with Crippen LogP contribution in [0.3, 0.4) is 0 Å². The van der Waals surface area contributed by atoms with E-state index in [0.29, 0.717) is 28.7 Å². The van der Waals surface area contributed by atoms with Crippen LogP contribution in [0.4, 0.5) is 20.2 Å². The number of hydrogen-bond donors (Lipinski definition) is 2. The Labute approximate surface area is 188 Å². The van der Waals surface area contributed by atoms with E-state index in [1.54, 1.807) is 12.3 Å². The van der Waals surface area contributed by atoms with Gasteiger partial charge in [-0.25, -0.2) is 9.07 Å². The number of carbonyl (C=O) groups excluding carboxylic acids is 1. The summed E-state index contributed by atoms with van der Waals surface area (Å²) < 4.78 is 29.7. The van der Waals surface area contributed by atoms with E-state index in [2.05, 4.69) is 44.4 Å². The zero-order valence-electron chi connectivity index (χ0n) is 18.4. The fourth-order valence-electron chi connectivity index (χ4n) is 4.50. The number of nitrogens with zero attached hydrogens (tertiary/aromatic N) is 5. The molecular weight excluding hydrogens is 428 g/mol. The van der Waals surface area contributed by atoms with Gasteiger partial charge in [-0.05, 0) is 38.1 Å². The molecule has 3 heterocycles. The minimum Gasteiger partial charge on any atom is -0.367 e. The van der Waals surface area contributed by atoms with Crippen LogP contribution in [0.2, 0.25) is 0 Å². The molecule has 1 saturated heterocycles. The van der Waals surface area contributed by atoms with Crippen molar-refractivity contribution in [2.24, 2.45) is 7.05 Å². The van der Waals surface area contributed by atoms with Gasteiger partial charge in [0, 0.05) is 50.3 Å². The first-order valence-electron chi connectivity index (χ1n) is 10.7. The Morgan fingerprint density at radius 3 is 2.48 bits per heavy atom. The Kier molecular flexibility index (Phi) is 5.16. The maximum Gasteiger partial charge on any atom is 0.257 e. The van der Waals surface area contributed by atoms with E-state index in [1.165, 1.54) is 19.3 Å². The minimum atomic E-state index is -0.718. The SMILES string of the molecule is CC1CN(c2ccc(C(=O)Nc3cc(F)c4nn(C)c(F)c4c3)c3nccnc23)CC(C)N1. The van der Waals surface area contributed by atoms with Gasteiger partial charge in [-0.15, -0.1) is 0 Å². The maximum atomic E-state index is 14.4. The molecule has 0 bridgehead atoms. The van der Waals surface area contributed by atoms with Crippen molar-refractivity contribution in [2.75, 3.05) is 23.3 Å².